The van der Waals surface area contributed by atoms with Gasteiger partial charge in [-0.2, -0.15) is 0 Å². The molecule has 0 amide bonds. The van der Waals surface area contributed by atoms with Gasteiger partial charge in [0.05, 0.1) is 13.1 Å². The quantitative estimate of drug-likeness (QED) is 0.562. The lowest BCUT2D eigenvalue weighted by Gasteiger charge is -2.33. The maximum Gasteiger partial charge on any atom is 0.191 e. The van der Waals surface area contributed by atoms with Gasteiger partial charge in [0.15, 0.2) is 5.96 Å². The lowest BCUT2D eigenvalue weighted by atomic mass is 10.1. The number of nitrogens with zero attached hydrogens (tertiary/aromatic N) is 4. The van der Waals surface area contributed by atoms with E-state index in [0.29, 0.717) is 6.54 Å². The van der Waals surface area contributed by atoms with E-state index in [1.807, 2.05) is 24.4 Å². The van der Waals surface area contributed by atoms with Crippen molar-refractivity contribution in [3.05, 3.63) is 53.7 Å². The number of para-hydroxylation sites is 1. The number of guanidine groups is 1. The van der Waals surface area contributed by atoms with Gasteiger partial charge in [-0.05, 0) is 43.3 Å². The number of hydrogen-bond acceptors (Lipinski definition) is 5. The molecule has 0 spiro atoms. The van der Waals surface area contributed by atoms with E-state index in [-0.39, 0.29) is 6.10 Å². The Kier molecular flexibility index (Phi) is 6.69. The van der Waals surface area contributed by atoms with Crippen LogP contribution in [0.1, 0.15) is 18.1 Å². The normalized spacial score (nSPS) is 19.3. The molecule has 4 rings (SSSR count). The molecule has 1 aromatic heterocycles. The molecule has 7 heteroatoms. The largest absolute Gasteiger partial charge is 0.488 e. The van der Waals surface area contributed by atoms with Crippen LogP contribution in [0.3, 0.4) is 0 Å². The minimum absolute atomic E-state index is 0.135. The smallest absolute Gasteiger partial charge is 0.191 e. The first kappa shape index (κ1) is 20.5. The van der Waals surface area contributed by atoms with Crippen molar-refractivity contribution in [3.8, 4) is 5.75 Å². The van der Waals surface area contributed by atoms with Crippen LogP contribution in [0.2, 0.25) is 0 Å². The van der Waals surface area contributed by atoms with E-state index in [9.17, 15) is 0 Å². The van der Waals surface area contributed by atoms with Crippen LogP contribution in [0.25, 0.3) is 0 Å². The first-order valence-electron chi connectivity index (χ1n) is 10.9. The minimum atomic E-state index is 0.135. The molecule has 1 atom stereocenters. The standard InChI is InChI=1S/C23H32N6O/c1-3-24-23(27-17-20-15-19-6-4-5-7-21(19)30-20)26-16-18-8-9-25-22(14-18)29-12-10-28(2)11-13-29/h4-9,14,20H,3,10-13,15-17H2,1-2H3,(H2,24,26,27). The number of piperazine rings is 1. The molecule has 30 heavy (non-hydrogen) atoms. The van der Waals surface area contributed by atoms with Gasteiger partial charge in [0.1, 0.15) is 17.7 Å². The Labute approximate surface area is 179 Å². The lowest BCUT2D eigenvalue weighted by molar-refractivity contribution is 0.235. The van der Waals surface area contributed by atoms with Crippen molar-refractivity contribution in [3.63, 3.8) is 0 Å². The van der Waals surface area contributed by atoms with Crippen molar-refractivity contribution in [1.29, 1.82) is 0 Å². The molecule has 1 aromatic carbocycles. The fraction of sp³-hybridized carbons (Fsp3) is 0.478. The second kappa shape index (κ2) is 9.80. The van der Waals surface area contributed by atoms with Gasteiger partial charge in [0, 0.05) is 45.3 Å². The highest BCUT2D eigenvalue weighted by atomic mass is 16.5. The second-order valence-corrected chi connectivity index (χ2v) is 7.94. The number of ether oxygens (including phenoxy) is 1. The molecule has 1 saturated heterocycles. The van der Waals surface area contributed by atoms with E-state index < -0.39 is 0 Å². The lowest BCUT2D eigenvalue weighted by Crippen LogP contribution is -2.44. The average Bonchev–Trinajstić information content (AvgIpc) is 3.19. The van der Waals surface area contributed by atoms with Crippen LogP contribution < -0.4 is 20.3 Å². The average molecular weight is 409 g/mol. The van der Waals surface area contributed by atoms with E-state index in [4.69, 9.17) is 9.73 Å². The van der Waals surface area contributed by atoms with Crippen LogP contribution in [0.4, 0.5) is 5.82 Å². The summed E-state index contributed by atoms with van der Waals surface area (Å²) in [5, 5.41) is 6.77. The fourth-order valence-electron chi connectivity index (χ4n) is 3.86. The summed E-state index contributed by atoms with van der Waals surface area (Å²) in [5.41, 5.74) is 2.44. The number of aliphatic imine (C=N–C) groups is 1. The third kappa shape index (κ3) is 5.21. The molecular formula is C23H32N6O. The number of hydrogen-bond donors (Lipinski definition) is 2. The van der Waals surface area contributed by atoms with Crippen LogP contribution in [-0.4, -0.2) is 68.3 Å². The van der Waals surface area contributed by atoms with Crippen molar-refractivity contribution < 1.29 is 4.74 Å². The van der Waals surface area contributed by atoms with Gasteiger partial charge in [-0.15, -0.1) is 0 Å². The molecule has 2 aromatic rings. The molecule has 0 saturated carbocycles. The zero-order valence-electron chi connectivity index (χ0n) is 18.0. The summed E-state index contributed by atoms with van der Waals surface area (Å²) >= 11 is 0. The molecule has 160 valence electrons. The molecule has 1 fully saturated rings. The SMILES string of the molecule is CCNC(=NCc1ccnc(N2CCN(C)CC2)c1)NCC1Cc2ccccc2O1. The highest BCUT2D eigenvalue weighted by molar-refractivity contribution is 5.79. The summed E-state index contributed by atoms with van der Waals surface area (Å²) in [6.45, 7) is 8.43. The van der Waals surface area contributed by atoms with Gasteiger partial charge in [-0.1, -0.05) is 18.2 Å². The van der Waals surface area contributed by atoms with Crippen LogP contribution >= 0.6 is 0 Å². The van der Waals surface area contributed by atoms with Gasteiger partial charge < -0.3 is 25.2 Å². The van der Waals surface area contributed by atoms with E-state index in [1.165, 1.54) is 11.1 Å². The van der Waals surface area contributed by atoms with Crippen molar-refractivity contribution >= 4 is 11.8 Å². The van der Waals surface area contributed by atoms with Crippen LogP contribution in [-0.2, 0) is 13.0 Å². The summed E-state index contributed by atoms with van der Waals surface area (Å²) in [5.74, 6) is 2.86. The molecule has 0 aliphatic carbocycles. The highest BCUT2D eigenvalue weighted by Crippen LogP contribution is 2.27. The molecule has 3 heterocycles. The van der Waals surface area contributed by atoms with Gasteiger partial charge in [-0.25, -0.2) is 9.98 Å². The summed E-state index contributed by atoms with van der Waals surface area (Å²) in [7, 11) is 2.17. The van der Waals surface area contributed by atoms with Crippen LogP contribution in [0, 0.1) is 0 Å². The van der Waals surface area contributed by atoms with Crippen LogP contribution in [0.5, 0.6) is 5.75 Å². The Hall–Kier alpha value is -2.80. The van der Waals surface area contributed by atoms with Gasteiger partial charge in [-0.3, -0.25) is 0 Å². The first-order chi connectivity index (χ1) is 14.7. The molecule has 2 aliphatic rings. The Balaban J connectivity index is 1.33. The maximum atomic E-state index is 6.03. The molecule has 0 radical (unpaired) electrons. The number of aromatic nitrogens is 1. The van der Waals surface area contributed by atoms with E-state index in [0.717, 1.165) is 63.2 Å². The van der Waals surface area contributed by atoms with Crippen molar-refractivity contribution in [2.75, 3.05) is 51.2 Å². The Morgan fingerprint density at radius 1 is 1.17 bits per heavy atom. The topological polar surface area (TPSA) is 65.0 Å². The number of benzene rings is 1. The van der Waals surface area contributed by atoms with E-state index >= 15 is 0 Å². The number of rotatable bonds is 6. The monoisotopic (exact) mass is 408 g/mol. The number of fused-ring (bicyclic) bond motifs is 1. The summed E-state index contributed by atoms with van der Waals surface area (Å²) in [4.78, 5) is 14.1. The molecule has 7 nitrogen and oxygen atoms in total. The predicted molar refractivity (Wildman–Crippen MR) is 121 cm³/mol. The minimum Gasteiger partial charge on any atom is -0.488 e. The molecular weight excluding hydrogens is 376 g/mol. The van der Waals surface area contributed by atoms with Gasteiger partial charge in [0.2, 0.25) is 0 Å². The molecule has 1 unspecified atom stereocenters. The third-order valence-electron chi connectivity index (χ3n) is 5.61. The highest BCUT2D eigenvalue weighted by Gasteiger charge is 2.22. The Morgan fingerprint density at radius 3 is 2.80 bits per heavy atom. The predicted octanol–water partition coefficient (Wildman–Crippen LogP) is 1.89. The fourth-order valence-corrected chi connectivity index (χ4v) is 3.86. The summed E-state index contributed by atoms with van der Waals surface area (Å²) in [6, 6.07) is 12.5. The summed E-state index contributed by atoms with van der Waals surface area (Å²) in [6.07, 6.45) is 2.96. The zero-order chi connectivity index (χ0) is 20.8. The van der Waals surface area contributed by atoms with E-state index in [2.05, 4.69) is 57.6 Å². The molecule has 0 bridgehead atoms. The van der Waals surface area contributed by atoms with Crippen molar-refractivity contribution in [2.45, 2.75) is 26.0 Å². The van der Waals surface area contributed by atoms with Gasteiger partial charge >= 0.3 is 0 Å². The number of anilines is 1. The summed E-state index contributed by atoms with van der Waals surface area (Å²) < 4.78 is 6.03. The van der Waals surface area contributed by atoms with E-state index in [1.54, 1.807) is 0 Å². The number of likely N-dealkylation sites (N-methyl/N-ethyl adjacent to an activating group) is 1. The Morgan fingerprint density at radius 2 is 2.00 bits per heavy atom. The number of pyridine rings is 1. The first-order valence-corrected chi connectivity index (χ1v) is 10.9. The van der Waals surface area contributed by atoms with Crippen molar-refractivity contribution in [2.24, 2.45) is 4.99 Å². The Bertz CT molecular complexity index is 837. The van der Waals surface area contributed by atoms with Crippen LogP contribution in [0.15, 0.2) is 47.6 Å². The van der Waals surface area contributed by atoms with Gasteiger partial charge in [0.25, 0.3) is 0 Å². The number of nitrogens with one attached hydrogen (secondary N) is 2. The zero-order valence-corrected chi connectivity index (χ0v) is 18.0. The third-order valence-corrected chi connectivity index (χ3v) is 5.61. The maximum absolute atomic E-state index is 6.03. The molecule has 2 N–H and O–H groups in total. The second-order valence-electron chi connectivity index (χ2n) is 7.94. The molecule has 2 aliphatic heterocycles. The van der Waals surface area contributed by atoms with Crippen molar-refractivity contribution in [1.82, 2.24) is 20.5 Å².